The van der Waals surface area contributed by atoms with Crippen LogP contribution in [0.25, 0.3) is 0 Å². The fraction of sp³-hybridized carbons (Fsp3) is 0.500. The van der Waals surface area contributed by atoms with E-state index in [-0.39, 0.29) is 25.1 Å². The van der Waals surface area contributed by atoms with E-state index in [9.17, 15) is 18.0 Å². The summed E-state index contributed by atoms with van der Waals surface area (Å²) in [5.41, 5.74) is 0.908. The monoisotopic (exact) mass is 421 g/mol. The number of sulfonamides is 1. The predicted octanol–water partition coefficient (Wildman–Crippen LogP) is 1.49. The van der Waals surface area contributed by atoms with Crippen LogP contribution in [0.3, 0.4) is 0 Å². The van der Waals surface area contributed by atoms with Gasteiger partial charge in [-0.3, -0.25) is 4.79 Å². The molecule has 2 heterocycles. The van der Waals surface area contributed by atoms with Crippen molar-refractivity contribution in [1.82, 2.24) is 14.5 Å². The second kappa shape index (κ2) is 9.41. The first kappa shape index (κ1) is 21.3. The fourth-order valence-corrected chi connectivity index (χ4v) is 5.67. The van der Waals surface area contributed by atoms with Crippen molar-refractivity contribution in [2.75, 3.05) is 26.2 Å². The van der Waals surface area contributed by atoms with Gasteiger partial charge in [0.15, 0.2) is 0 Å². The highest BCUT2D eigenvalue weighted by molar-refractivity contribution is 7.89. The second-order valence-corrected chi connectivity index (χ2v) is 9.54. The summed E-state index contributed by atoms with van der Waals surface area (Å²) < 4.78 is 32.7. The van der Waals surface area contributed by atoms with Crippen molar-refractivity contribution in [2.24, 2.45) is 0 Å². The van der Waals surface area contributed by atoms with Gasteiger partial charge >= 0.3 is 6.09 Å². The second-order valence-electron chi connectivity index (χ2n) is 7.33. The lowest BCUT2D eigenvalue weighted by Gasteiger charge is -2.33. The van der Waals surface area contributed by atoms with Crippen molar-refractivity contribution in [1.29, 1.82) is 0 Å². The lowest BCUT2D eigenvalue weighted by atomic mass is 10.1. The van der Waals surface area contributed by atoms with Crippen LogP contribution < -0.4 is 5.32 Å². The molecule has 2 saturated heterocycles. The number of hydrogen-bond donors (Lipinski definition) is 1. The molecule has 0 spiro atoms. The lowest BCUT2D eigenvalue weighted by Crippen LogP contribution is -2.47. The topological polar surface area (TPSA) is 96.0 Å². The highest BCUT2D eigenvalue weighted by Crippen LogP contribution is 2.25. The zero-order chi connectivity index (χ0) is 20.9. The molecule has 9 heteroatoms. The zero-order valence-electron chi connectivity index (χ0n) is 16.3. The molecule has 1 N–H and O–H groups in total. The van der Waals surface area contributed by atoms with Crippen molar-refractivity contribution in [3.63, 3.8) is 0 Å². The maximum Gasteiger partial charge on any atom is 0.410 e. The van der Waals surface area contributed by atoms with Gasteiger partial charge in [-0.05, 0) is 30.9 Å². The third-order valence-corrected chi connectivity index (χ3v) is 7.73. The summed E-state index contributed by atoms with van der Waals surface area (Å²) in [6.07, 6.45) is 2.11. The van der Waals surface area contributed by atoms with Crippen LogP contribution in [-0.2, 0) is 26.2 Å². The molecule has 1 aromatic carbocycles. The summed E-state index contributed by atoms with van der Waals surface area (Å²) in [4.78, 5) is 25.2. The molecule has 2 fully saturated rings. The lowest BCUT2D eigenvalue weighted by molar-refractivity contribution is -0.117. The third-order valence-electron chi connectivity index (χ3n) is 5.37. The van der Waals surface area contributed by atoms with Crippen LogP contribution in [-0.4, -0.2) is 67.1 Å². The maximum absolute atomic E-state index is 12.9. The van der Waals surface area contributed by atoms with E-state index < -0.39 is 21.4 Å². The number of carbonyl (C=O) groups excluding carboxylic acids is 2. The number of rotatable bonds is 6. The van der Waals surface area contributed by atoms with Gasteiger partial charge in [0.2, 0.25) is 15.9 Å². The Hall–Kier alpha value is -2.39. The Labute approximate surface area is 171 Å². The number of ether oxygens (including phenoxy) is 1. The zero-order valence-corrected chi connectivity index (χ0v) is 17.1. The smallest absolute Gasteiger partial charge is 0.410 e. The van der Waals surface area contributed by atoms with Gasteiger partial charge in [-0.2, -0.15) is 4.31 Å². The number of hydrogen-bond acceptors (Lipinski definition) is 5. The molecular formula is C20H27N3O5S. The van der Waals surface area contributed by atoms with Crippen LogP contribution in [0.4, 0.5) is 4.79 Å². The van der Waals surface area contributed by atoms with E-state index in [1.54, 1.807) is 4.90 Å². The van der Waals surface area contributed by atoms with Gasteiger partial charge in [0.05, 0.1) is 5.25 Å². The van der Waals surface area contributed by atoms with E-state index in [1.807, 2.05) is 30.3 Å². The van der Waals surface area contributed by atoms with Crippen LogP contribution in [0.5, 0.6) is 0 Å². The van der Waals surface area contributed by atoms with Crippen molar-refractivity contribution >= 4 is 22.0 Å². The molecule has 2 aliphatic rings. The Kier molecular flexibility index (Phi) is 6.92. The average molecular weight is 422 g/mol. The van der Waals surface area contributed by atoms with Gasteiger partial charge in [0, 0.05) is 32.2 Å². The minimum absolute atomic E-state index is 0.191. The minimum atomic E-state index is -3.46. The summed E-state index contributed by atoms with van der Waals surface area (Å²) in [6, 6.07) is 9.23. The van der Waals surface area contributed by atoms with Crippen LogP contribution in [0.1, 0.15) is 24.8 Å². The first-order chi connectivity index (χ1) is 13.9. The normalized spacial score (nSPS) is 21.0. The molecule has 2 amide bonds. The first-order valence-electron chi connectivity index (χ1n) is 9.77. The summed E-state index contributed by atoms with van der Waals surface area (Å²) in [7, 11) is -3.46. The Morgan fingerprint density at radius 3 is 2.48 bits per heavy atom. The van der Waals surface area contributed by atoms with Crippen LogP contribution in [0.15, 0.2) is 43.0 Å². The van der Waals surface area contributed by atoms with E-state index in [2.05, 4.69) is 11.9 Å². The Morgan fingerprint density at radius 1 is 1.14 bits per heavy atom. The van der Waals surface area contributed by atoms with Gasteiger partial charge in [-0.15, -0.1) is 0 Å². The average Bonchev–Trinajstić information content (AvgIpc) is 3.22. The van der Waals surface area contributed by atoms with Crippen LogP contribution in [0, 0.1) is 0 Å². The van der Waals surface area contributed by atoms with Gasteiger partial charge < -0.3 is 15.0 Å². The maximum atomic E-state index is 12.9. The Balaban J connectivity index is 1.47. The molecule has 3 rings (SSSR count). The van der Waals surface area contributed by atoms with Crippen LogP contribution >= 0.6 is 0 Å². The van der Waals surface area contributed by atoms with Crippen molar-refractivity contribution in [3.8, 4) is 0 Å². The third kappa shape index (κ3) is 5.36. The van der Waals surface area contributed by atoms with E-state index in [4.69, 9.17) is 4.74 Å². The summed E-state index contributed by atoms with van der Waals surface area (Å²) in [5.74, 6) is -0.295. The summed E-state index contributed by atoms with van der Waals surface area (Å²) in [5, 5.41) is 2.23. The molecule has 29 heavy (non-hydrogen) atoms. The van der Waals surface area contributed by atoms with Crippen molar-refractivity contribution < 1.29 is 22.7 Å². The number of amides is 2. The highest BCUT2D eigenvalue weighted by Gasteiger charge is 2.39. The molecule has 1 aromatic rings. The molecule has 158 valence electrons. The summed E-state index contributed by atoms with van der Waals surface area (Å²) >= 11 is 0. The first-order valence-corrected chi connectivity index (χ1v) is 11.3. The fourth-order valence-electron chi connectivity index (χ4n) is 3.69. The van der Waals surface area contributed by atoms with Gasteiger partial charge in [-0.1, -0.05) is 36.9 Å². The van der Waals surface area contributed by atoms with Gasteiger partial charge in [-0.25, -0.2) is 13.2 Å². The molecule has 0 bridgehead atoms. The van der Waals surface area contributed by atoms with E-state index in [0.717, 1.165) is 5.56 Å². The number of piperidine rings is 1. The molecular weight excluding hydrogens is 394 g/mol. The van der Waals surface area contributed by atoms with Gasteiger partial charge in [0.1, 0.15) is 6.61 Å². The highest BCUT2D eigenvalue weighted by atomic mass is 32.2. The van der Waals surface area contributed by atoms with Crippen molar-refractivity contribution in [3.05, 3.63) is 48.6 Å². The molecule has 0 aromatic heterocycles. The molecule has 1 atom stereocenters. The SMILES string of the molecule is C=CC(=O)NC1CCN(S(=O)(=O)C2CCN(C(=O)OCc3ccccc3)CC2)C1. The van der Waals surface area contributed by atoms with Crippen LogP contribution in [0.2, 0.25) is 0 Å². The number of benzene rings is 1. The quantitative estimate of drug-likeness (QED) is 0.702. The van der Waals surface area contributed by atoms with E-state index in [1.165, 1.54) is 10.4 Å². The number of nitrogens with one attached hydrogen (secondary N) is 1. The predicted molar refractivity (Wildman–Crippen MR) is 108 cm³/mol. The standard InChI is InChI=1S/C20H27N3O5S/c1-2-19(24)21-17-8-13-23(14-17)29(26,27)18-9-11-22(12-10-18)20(25)28-15-16-6-4-3-5-7-16/h2-7,17-18H,1,8-15H2,(H,21,24). The Bertz CT molecular complexity index is 835. The molecule has 2 aliphatic heterocycles. The largest absolute Gasteiger partial charge is 0.445 e. The molecule has 8 nitrogen and oxygen atoms in total. The van der Waals surface area contributed by atoms with Gasteiger partial charge in [0.25, 0.3) is 0 Å². The molecule has 1 unspecified atom stereocenters. The molecule has 0 radical (unpaired) electrons. The molecule has 0 saturated carbocycles. The summed E-state index contributed by atoms with van der Waals surface area (Å²) in [6.45, 7) is 4.98. The van der Waals surface area contributed by atoms with E-state index in [0.29, 0.717) is 38.9 Å². The number of nitrogens with zero attached hydrogens (tertiary/aromatic N) is 2. The van der Waals surface area contributed by atoms with E-state index >= 15 is 0 Å². The minimum Gasteiger partial charge on any atom is -0.445 e. The number of carbonyl (C=O) groups is 2. The number of likely N-dealkylation sites (tertiary alicyclic amines) is 1. The van der Waals surface area contributed by atoms with Crippen molar-refractivity contribution in [2.45, 2.75) is 37.2 Å². The molecule has 0 aliphatic carbocycles. The Morgan fingerprint density at radius 2 is 1.83 bits per heavy atom.